The quantitative estimate of drug-likeness (QED) is 0.565. The van der Waals surface area contributed by atoms with Crippen molar-refractivity contribution < 1.29 is 27.8 Å². The molecule has 3 atom stereocenters. The molecule has 0 aliphatic carbocycles. The first-order valence-electron chi connectivity index (χ1n) is 10.8. The number of rotatable bonds is 7. The number of carbonyl (C=O) groups excluding carboxylic acids is 1. The summed E-state index contributed by atoms with van der Waals surface area (Å²) in [5.41, 5.74) is 0.628. The Hall–Kier alpha value is -2.16. The van der Waals surface area contributed by atoms with Crippen LogP contribution in [0.4, 0.5) is 0 Å². The Bertz CT molecular complexity index is 986. The lowest BCUT2D eigenvalue weighted by Gasteiger charge is -2.37. The summed E-state index contributed by atoms with van der Waals surface area (Å²) in [4.78, 5) is 15.7. The highest BCUT2D eigenvalue weighted by molar-refractivity contribution is 7.89. The van der Waals surface area contributed by atoms with Crippen molar-refractivity contribution in [3.05, 3.63) is 23.8 Å². The zero-order chi connectivity index (χ0) is 24.8. The maximum atomic E-state index is 13.5. The number of methoxy groups -OCH3 is 1. The van der Waals surface area contributed by atoms with E-state index in [0.29, 0.717) is 12.1 Å². The molecule has 0 unspecified atom stereocenters. The van der Waals surface area contributed by atoms with Crippen LogP contribution in [0.5, 0.6) is 5.75 Å². The molecule has 1 N–H and O–H groups in total. The second kappa shape index (κ2) is 11.8. The van der Waals surface area contributed by atoms with Gasteiger partial charge in [-0.2, -0.15) is 4.31 Å². The highest BCUT2D eigenvalue weighted by atomic mass is 32.2. The lowest BCUT2D eigenvalue weighted by Crippen LogP contribution is -2.50. The van der Waals surface area contributed by atoms with Gasteiger partial charge in [0.1, 0.15) is 23.4 Å². The van der Waals surface area contributed by atoms with Crippen LogP contribution in [0.3, 0.4) is 0 Å². The van der Waals surface area contributed by atoms with E-state index in [1.165, 1.54) is 22.4 Å². The van der Waals surface area contributed by atoms with Gasteiger partial charge in [-0.15, -0.1) is 0 Å². The fourth-order valence-electron chi connectivity index (χ4n) is 3.43. The average Bonchev–Trinajstić information content (AvgIpc) is 2.75. The Balaban J connectivity index is 2.52. The van der Waals surface area contributed by atoms with Gasteiger partial charge in [0.2, 0.25) is 15.9 Å². The van der Waals surface area contributed by atoms with Crippen molar-refractivity contribution in [1.82, 2.24) is 14.1 Å². The first kappa shape index (κ1) is 27.1. The smallest absolute Gasteiger partial charge is 0.248 e. The predicted molar refractivity (Wildman–Crippen MR) is 125 cm³/mol. The third kappa shape index (κ3) is 6.91. The number of amides is 1. The van der Waals surface area contributed by atoms with Gasteiger partial charge in [0, 0.05) is 38.2 Å². The summed E-state index contributed by atoms with van der Waals surface area (Å²) >= 11 is 0. The topological polar surface area (TPSA) is 99.6 Å². The molecular weight excluding hydrogens is 446 g/mol. The number of hydrogen-bond donors (Lipinski definition) is 1. The molecule has 184 valence electrons. The standard InChI is InChI=1S/C23H35N3O6S/c1-17-13-26(18(2)15-27)33(29,30)22-10-9-19(8-7-11-24(3)4)12-20(22)32-21(17)14-25(5)23(28)16-31-6/h9-10,12,17-18,21,27H,11,13-16H2,1-6H3/t17-,18+,21+/m0/s1. The van der Waals surface area contributed by atoms with Crippen LogP contribution in [0.1, 0.15) is 19.4 Å². The second-order valence-corrected chi connectivity index (χ2v) is 10.5. The van der Waals surface area contributed by atoms with E-state index in [0.717, 1.165) is 0 Å². The van der Waals surface area contributed by atoms with E-state index < -0.39 is 22.2 Å². The van der Waals surface area contributed by atoms with Crippen molar-refractivity contribution in [2.75, 3.05) is 61.1 Å². The number of nitrogens with zero attached hydrogens (tertiary/aromatic N) is 3. The van der Waals surface area contributed by atoms with Crippen molar-refractivity contribution in [3.63, 3.8) is 0 Å². The second-order valence-electron chi connectivity index (χ2n) is 8.65. The van der Waals surface area contributed by atoms with Crippen LogP contribution in [-0.4, -0.2) is 107 Å². The molecule has 1 aromatic carbocycles. The summed E-state index contributed by atoms with van der Waals surface area (Å²) in [7, 11) is 3.01. The van der Waals surface area contributed by atoms with Gasteiger partial charge < -0.3 is 19.5 Å². The lowest BCUT2D eigenvalue weighted by molar-refractivity contribution is -0.135. The van der Waals surface area contributed by atoms with Gasteiger partial charge in [-0.05, 0) is 39.2 Å². The Kier molecular flexibility index (Phi) is 9.70. The minimum atomic E-state index is -3.92. The molecule has 0 aromatic heterocycles. The molecule has 0 saturated carbocycles. The number of carbonyl (C=O) groups is 1. The third-order valence-corrected chi connectivity index (χ3v) is 7.46. The number of benzene rings is 1. The molecule has 1 aliphatic heterocycles. The van der Waals surface area contributed by atoms with E-state index in [2.05, 4.69) is 11.8 Å². The van der Waals surface area contributed by atoms with Gasteiger partial charge in [0.15, 0.2) is 0 Å². The van der Waals surface area contributed by atoms with Crippen LogP contribution in [0.15, 0.2) is 23.1 Å². The van der Waals surface area contributed by atoms with Gasteiger partial charge in [-0.25, -0.2) is 8.42 Å². The van der Waals surface area contributed by atoms with Gasteiger partial charge >= 0.3 is 0 Å². The van der Waals surface area contributed by atoms with Crippen molar-refractivity contribution >= 4 is 15.9 Å². The van der Waals surface area contributed by atoms with Crippen molar-refractivity contribution in [2.24, 2.45) is 5.92 Å². The van der Waals surface area contributed by atoms with Gasteiger partial charge in [-0.3, -0.25) is 9.69 Å². The molecule has 9 nitrogen and oxygen atoms in total. The van der Waals surface area contributed by atoms with Crippen molar-refractivity contribution in [3.8, 4) is 17.6 Å². The Labute approximate surface area is 197 Å². The first-order chi connectivity index (χ1) is 15.5. The highest BCUT2D eigenvalue weighted by Crippen LogP contribution is 2.34. The van der Waals surface area contributed by atoms with E-state index in [1.807, 2.05) is 25.9 Å². The number of fused-ring (bicyclic) bond motifs is 1. The van der Waals surface area contributed by atoms with Gasteiger partial charge in [0.25, 0.3) is 0 Å². The van der Waals surface area contributed by atoms with E-state index in [-0.39, 0.29) is 48.8 Å². The van der Waals surface area contributed by atoms with Crippen LogP contribution < -0.4 is 4.74 Å². The molecule has 1 heterocycles. The summed E-state index contributed by atoms with van der Waals surface area (Å²) in [6.07, 6.45) is -0.483. The van der Waals surface area contributed by atoms with Gasteiger partial charge in [0.05, 0.1) is 19.7 Å². The number of likely N-dealkylation sites (N-methyl/N-ethyl adjacent to an activating group) is 1. The molecular formula is C23H35N3O6S. The van der Waals surface area contributed by atoms with E-state index in [1.54, 1.807) is 26.1 Å². The first-order valence-corrected chi connectivity index (χ1v) is 12.2. The zero-order valence-corrected chi connectivity index (χ0v) is 21.1. The zero-order valence-electron chi connectivity index (χ0n) is 20.2. The summed E-state index contributed by atoms with van der Waals surface area (Å²) < 4.78 is 39.4. The number of aliphatic hydroxyl groups excluding tert-OH is 1. The predicted octanol–water partition coefficient (Wildman–Crippen LogP) is 0.473. The number of hydrogen-bond acceptors (Lipinski definition) is 7. The monoisotopic (exact) mass is 481 g/mol. The van der Waals surface area contributed by atoms with Crippen molar-refractivity contribution in [2.45, 2.75) is 30.9 Å². The normalized spacial score (nSPS) is 21.1. The molecule has 1 aromatic rings. The van der Waals surface area contributed by atoms with Crippen LogP contribution >= 0.6 is 0 Å². The van der Waals surface area contributed by atoms with E-state index in [4.69, 9.17) is 9.47 Å². The molecule has 0 spiro atoms. The van der Waals surface area contributed by atoms with Crippen LogP contribution in [-0.2, 0) is 19.6 Å². The average molecular weight is 482 g/mol. The molecule has 0 bridgehead atoms. The summed E-state index contributed by atoms with van der Waals surface area (Å²) in [5, 5.41) is 9.72. The lowest BCUT2D eigenvalue weighted by atomic mass is 10.0. The molecule has 1 aliphatic rings. The highest BCUT2D eigenvalue weighted by Gasteiger charge is 2.38. The Morgan fingerprint density at radius 1 is 1.36 bits per heavy atom. The number of aliphatic hydroxyl groups is 1. The minimum Gasteiger partial charge on any atom is -0.487 e. The fraction of sp³-hybridized carbons (Fsp3) is 0.609. The van der Waals surface area contributed by atoms with Gasteiger partial charge in [-0.1, -0.05) is 18.8 Å². The molecule has 1 amide bonds. The SMILES string of the molecule is COCC(=O)N(C)C[C@H]1Oc2cc(C#CCN(C)C)ccc2S(=O)(=O)N([C@H](C)CO)C[C@@H]1C. The minimum absolute atomic E-state index is 0.0173. The maximum Gasteiger partial charge on any atom is 0.248 e. The third-order valence-electron chi connectivity index (χ3n) is 5.44. The maximum absolute atomic E-state index is 13.5. The largest absolute Gasteiger partial charge is 0.487 e. The van der Waals surface area contributed by atoms with E-state index in [9.17, 15) is 18.3 Å². The molecule has 10 heteroatoms. The van der Waals surface area contributed by atoms with Crippen LogP contribution in [0.2, 0.25) is 0 Å². The summed E-state index contributed by atoms with van der Waals surface area (Å²) in [6, 6.07) is 4.16. The summed E-state index contributed by atoms with van der Waals surface area (Å²) in [6.45, 7) is 4.12. The molecule has 2 rings (SSSR count). The summed E-state index contributed by atoms with van der Waals surface area (Å²) in [5.74, 6) is 5.79. The Morgan fingerprint density at radius 2 is 2.06 bits per heavy atom. The molecule has 0 radical (unpaired) electrons. The number of sulfonamides is 1. The fourth-order valence-corrected chi connectivity index (χ4v) is 5.25. The number of ether oxygens (including phenoxy) is 2. The van der Waals surface area contributed by atoms with E-state index >= 15 is 0 Å². The van der Waals surface area contributed by atoms with Crippen molar-refractivity contribution in [1.29, 1.82) is 0 Å². The Morgan fingerprint density at radius 3 is 2.67 bits per heavy atom. The molecule has 0 fully saturated rings. The molecule has 0 saturated heterocycles. The molecule has 33 heavy (non-hydrogen) atoms. The van der Waals surface area contributed by atoms with Crippen LogP contribution in [0, 0.1) is 17.8 Å². The van der Waals surface area contributed by atoms with Crippen LogP contribution in [0.25, 0.3) is 0 Å².